The molecule has 1 aromatic heterocycles. The van der Waals surface area contributed by atoms with E-state index >= 15 is 0 Å². The number of likely N-dealkylation sites (N-methyl/N-ethyl adjacent to an activating group) is 1. The summed E-state index contributed by atoms with van der Waals surface area (Å²) in [6, 6.07) is 3.15. The second kappa shape index (κ2) is 5.95. The Labute approximate surface area is 118 Å². The smallest absolute Gasteiger partial charge is 0.289 e. The van der Waals surface area contributed by atoms with Crippen molar-refractivity contribution in [3.63, 3.8) is 0 Å². The molecule has 0 saturated carbocycles. The summed E-state index contributed by atoms with van der Waals surface area (Å²) in [6.45, 7) is 1.22. The summed E-state index contributed by atoms with van der Waals surface area (Å²) in [5, 5.41) is 19.5. The third-order valence-corrected chi connectivity index (χ3v) is 3.48. The number of amides is 1. The molecular weight excluding hydrogens is 260 g/mol. The van der Waals surface area contributed by atoms with Crippen LogP contribution < -0.4 is 0 Å². The van der Waals surface area contributed by atoms with Gasteiger partial charge in [-0.1, -0.05) is 0 Å². The SMILES string of the molecule is CN(C)C[C@]1(O)CCCN(C(=O)c2ccc(CO)o2)C1. The molecule has 1 aliphatic heterocycles. The summed E-state index contributed by atoms with van der Waals surface area (Å²) in [5.41, 5.74) is -0.871. The molecule has 1 amide bonds. The van der Waals surface area contributed by atoms with Crippen LogP contribution in [0.3, 0.4) is 0 Å². The van der Waals surface area contributed by atoms with Gasteiger partial charge in [0.25, 0.3) is 5.91 Å². The Morgan fingerprint density at radius 1 is 1.50 bits per heavy atom. The van der Waals surface area contributed by atoms with Gasteiger partial charge in [0.15, 0.2) is 5.76 Å². The number of furan rings is 1. The van der Waals surface area contributed by atoms with Crippen molar-refractivity contribution in [2.24, 2.45) is 0 Å². The van der Waals surface area contributed by atoms with Crippen LogP contribution in [0.2, 0.25) is 0 Å². The van der Waals surface area contributed by atoms with Crippen molar-refractivity contribution in [3.8, 4) is 0 Å². The molecule has 0 unspecified atom stereocenters. The Kier molecular flexibility index (Phi) is 4.47. The molecule has 6 heteroatoms. The van der Waals surface area contributed by atoms with E-state index in [2.05, 4.69) is 0 Å². The zero-order valence-electron chi connectivity index (χ0n) is 12.0. The van der Waals surface area contributed by atoms with E-state index in [9.17, 15) is 9.90 Å². The second-order valence-corrected chi connectivity index (χ2v) is 5.72. The molecule has 1 aromatic rings. The lowest BCUT2D eigenvalue weighted by atomic mass is 9.92. The normalized spacial score (nSPS) is 23.4. The van der Waals surface area contributed by atoms with Crippen LogP contribution in [0.15, 0.2) is 16.5 Å². The van der Waals surface area contributed by atoms with Gasteiger partial charge in [-0.3, -0.25) is 4.79 Å². The molecule has 0 radical (unpaired) electrons. The maximum absolute atomic E-state index is 12.3. The first-order valence-electron chi connectivity index (χ1n) is 6.79. The van der Waals surface area contributed by atoms with Crippen molar-refractivity contribution in [1.29, 1.82) is 0 Å². The van der Waals surface area contributed by atoms with Crippen LogP contribution in [0.25, 0.3) is 0 Å². The van der Waals surface area contributed by atoms with Crippen LogP contribution in [0, 0.1) is 0 Å². The van der Waals surface area contributed by atoms with E-state index in [0.29, 0.717) is 31.8 Å². The highest BCUT2D eigenvalue weighted by atomic mass is 16.4. The van der Waals surface area contributed by atoms with Gasteiger partial charge in [-0.2, -0.15) is 0 Å². The molecule has 2 rings (SSSR count). The summed E-state index contributed by atoms with van der Waals surface area (Å²) >= 11 is 0. The zero-order chi connectivity index (χ0) is 14.8. The number of piperidine rings is 1. The molecule has 20 heavy (non-hydrogen) atoms. The summed E-state index contributed by atoms with van der Waals surface area (Å²) < 4.78 is 5.26. The first-order valence-corrected chi connectivity index (χ1v) is 6.79. The van der Waals surface area contributed by atoms with Gasteiger partial charge >= 0.3 is 0 Å². The lowest BCUT2D eigenvalue weighted by molar-refractivity contribution is -0.0398. The number of rotatable bonds is 4. The van der Waals surface area contributed by atoms with E-state index in [1.54, 1.807) is 17.0 Å². The van der Waals surface area contributed by atoms with E-state index in [0.717, 1.165) is 6.42 Å². The van der Waals surface area contributed by atoms with Gasteiger partial charge in [-0.25, -0.2) is 0 Å². The number of aliphatic hydroxyl groups is 2. The van der Waals surface area contributed by atoms with Crippen molar-refractivity contribution in [2.75, 3.05) is 33.7 Å². The van der Waals surface area contributed by atoms with Crippen LogP contribution in [0.1, 0.15) is 29.2 Å². The fourth-order valence-electron chi connectivity index (χ4n) is 2.74. The van der Waals surface area contributed by atoms with Crippen molar-refractivity contribution < 1.29 is 19.4 Å². The third-order valence-electron chi connectivity index (χ3n) is 3.48. The topological polar surface area (TPSA) is 77.2 Å². The molecule has 1 fully saturated rings. The van der Waals surface area contributed by atoms with Crippen LogP contribution in [0.5, 0.6) is 0 Å². The van der Waals surface area contributed by atoms with Crippen LogP contribution in [0.4, 0.5) is 0 Å². The molecule has 1 saturated heterocycles. The molecule has 0 aliphatic carbocycles. The molecule has 2 heterocycles. The Bertz CT molecular complexity index is 471. The number of hydrogen-bond donors (Lipinski definition) is 2. The highest BCUT2D eigenvalue weighted by Crippen LogP contribution is 2.23. The average Bonchev–Trinajstić information content (AvgIpc) is 2.85. The average molecular weight is 282 g/mol. The number of carbonyl (C=O) groups excluding carboxylic acids is 1. The van der Waals surface area contributed by atoms with Gasteiger partial charge in [-0.05, 0) is 39.1 Å². The molecule has 0 aromatic carbocycles. The molecule has 2 N–H and O–H groups in total. The molecule has 0 spiro atoms. The lowest BCUT2D eigenvalue weighted by Gasteiger charge is -2.40. The van der Waals surface area contributed by atoms with Crippen molar-refractivity contribution in [1.82, 2.24) is 9.80 Å². The number of hydrogen-bond acceptors (Lipinski definition) is 5. The maximum atomic E-state index is 12.3. The number of carbonyl (C=O) groups is 1. The Hall–Kier alpha value is -1.37. The molecular formula is C14H22N2O4. The number of nitrogens with zero attached hydrogens (tertiary/aromatic N) is 2. The van der Waals surface area contributed by atoms with Gasteiger partial charge in [-0.15, -0.1) is 0 Å². The van der Waals surface area contributed by atoms with E-state index in [1.807, 2.05) is 19.0 Å². The van der Waals surface area contributed by atoms with Crippen molar-refractivity contribution in [2.45, 2.75) is 25.0 Å². The van der Waals surface area contributed by atoms with E-state index in [-0.39, 0.29) is 18.3 Å². The predicted octanol–water partition coefficient (Wildman–Crippen LogP) is 0.301. The Balaban J connectivity index is 2.06. The van der Waals surface area contributed by atoms with E-state index in [1.165, 1.54) is 0 Å². The van der Waals surface area contributed by atoms with Gasteiger partial charge in [0.05, 0.1) is 12.1 Å². The summed E-state index contributed by atoms with van der Waals surface area (Å²) in [4.78, 5) is 15.9. The van der Waals surface area contributed by atoms with Crippen molar-refractivity contribution in [3.05, 3.63) is 23.7 Å². The fraction of sp³-hybridized carbons (Fsp3) is 0.643. The molecule has 6 nitrogen and oxygen atoms in total. The Morgan fingerprint density at radius 2 is 2.25 bits per heavy atom. The van der Waals surface area contributed by atoms with Gasteiger partial charge in [0.2, 0.25) is 0 Å². The zero-order valence-corrected chi connectivity index (χ0v) is 12.0. The second-order valence-electron chi connectivity index (χ2n) is 5.72. The first kappa shape index (κ1) is 15.0. The monoisotopic (exact) mass is 282 g/mol. The van der Waals surface area contributed by atoms with Crippen LogP contribution in [-0.4, -0.2) is 65.3 Å². The maximum Gasteiger partial charge on any atom is 0.289 e. The highest BCUT2D eigenvalue weighted by Gasteiger charge is 2.36. The van der Waals surface area contributed by atoms with Crippen LogP contribution in [-0.2, 0) is 6.61 Å². The summed E-state index contributed by atoms with van der Waals surface area (Å²) in [7, 11) is 3.80. The molecule has 1 atom stereocenters. The minimum absolute atomic E-state index is 0.211. The molecule has 112 valence electrons. The van der Waals surface area contributed by atoms with Gasteiger partial charge in [0.1, 0.15) is 12.4 Å². The summed E-state index contributed by atoms with van der Waals surface area (Å²) in [6.07, 6.45) is 1.46. The standard InChI is InChI=1S/C14H22N2O4/c1-15(2)9-14(19)6-3-7-16(10-14)13(18)12-5-4-11(8-17)20-12/h4-5,17,19H,3,6-10H2,1-2H3/t14-/m1/s1. The molecule has 0 bridgehead atoms. The minimum Gasteiger partial charge on any atom is -0.453 e. The van der Waals surface area contributed by atoms with Crippen LogP contribution >= 0.6 is 0 Å². The third kappa shape index (κ3) is 3.39. The van der Waals surface area contributed by atoms with E-state index < -0.39 is 5.60 Å². The quantitative estimate of drug-likeness (QED) is 0.830. The predicted molar refractivity (Wildman–Crippen MR) is 73.3 cm³/mol. The minimum atomic E-state index is -0.871. The van der Waals surface area contributed by atoms with Gasteiger partial charge < -0.3 is 24.4 Å². The highest BCUT2D eigenvalue weighted by molar-refractivity contribution is 5.91. The fourth-order valence-corrected chi connectivity index (χ4v) is 2.74. The molecule has 1 aliphatic rings. The largest absolute Gasteiger partial charge is 0.453 e. The first-order chi connectivity index (χ1) is 9.43. The van der Waals surface area contributed by atoms with Crippen molar-refractivity contribution >= 4 is 5.91 Å². The number of likely N-dealkylation sites (tertiary alicyclic amines) is 1. The van der Waals surface area contributed by atoms with Gasteiger partial charge in [0, 0.05) is 13.1 Å². The Morgan fingerprint density at radius 3 is 2.85 bits per heavy atom. The number of β-amino-alcohol motifs (C(OH)–C–C–N with tert-alkyl or cyclic N) is 1. The lowest BCUT2D eigenvalue weighted by Crippen LogP contribution is -2.54. The van der Waals surface area contributed by atoms with E-state index in [4.69, 9.17) is 9.52 Å². The number of aliphatic hydroxyl groups excluding tert-OH is 1. The summed E-state index contributed by atoms with van der Waals surface area (Å²) in [5.74, 6) is 0.346.